The number of aryl methyl sites for hydroxylation is 1. The van der Waals surface area contributed by atoms with E-state index in [0.29, 0.717) is 15.7 Å². The van der Waals surface area contributed by atoms with Gasteiger partial charge in [0.2, 0.25) is 0 Å². The molecular formula is C14H14ClNOS. The van der Waals surface area contributed by atoms with Crippen molar-refractivity contribution in [2.24, 2.45) is 0 Å². The summed E-state index contributed by atoms with van der Waals surface area (Å²) in [6.45, 7) is 0. The van der Waals surface area contributed by atoms with Crippen LogP contribution in [-0.4, -0.2) is 9.96 Å². The van der Waals surface area contributed by atoms with Crippen LogP contribution in [0.25, 0.3) is 0 Å². The van der Waals surface area contributed by atoms with Crippen LogP contribution < -0.4 is 5.73 Å². The molecule has 2 rings (SSSR count). The minimum absolute atomic E-state index is 0.563. The van der Waals surface area contributed by atoms with Crippen LogP contribution in [0.15, 0.2) is 53.4 Å². The SMILES string of the molecule is Nc1ccc(CCS(=O)c2ccccc2Cl)cc1. The fraction of sp³-hybridized carbons (Fsp3) is 0.143. The summed E-state index contributed by atoms with van der Waals surface area (Å²) in [5.74, 6) is 0.563. The van der Waals surface area contributed by atoms with E-state index in [9.17, 15) is 4.21 Å². The molecule has 0 aliphatic carbocycles. The van der Waals surface area contributed by atoms with Crippen LogP contribution in [0, 0.1) is 0 Å². The maximum atomic E-state index is 12.1. The minimum Gasteiger partial charge on any atom is -0.399 e. The van der Waals surface area contributed by atoms with Crippen LogP contribution in [0.1, 0.15) is 5.56 Å². The zero-order chi connectivity index (χ0) is 13.0. The van der Waals surface area contributed by atoms with E-state index in [-0.39, 0.29) is 0 Å². The van der Waals surface area contributed by atoms with E-state index >= 15 is 0 Å². The van der Waals surface area contributed by atoms with Crippen LogP contribution in [0.4, 0.5) is 5.69 Å². The summed E-state index contributed by atoms with van der Waals surface area (Å²) in [7, 11) is -1.06. The molecular weight excluding hydrogens is 266 g/mol. The summed E-state index contributed by atoms with van der Waals surface area (Å²) in [5, 5.41) is 0.563. The third-order valence-electron chi connectivity index (χ3n) is 2.64. The summed E-state index contributed by atoms with van der Waals surface area (Å²) in [4.78, 5) is 0.703. The van der Waals surface area contributed by atoms with Gasteiger partial charge in [-0.1, -0.05) is 35.9 Å². The van der Waals surface area contributed by atoms with Gasteiger partial charge in [0.05, 0.1) is 20.7 Å². The van der Waals surface area contributed by atoms with Crippen LogP contribution in [-0.2, 0) is 17.2 Å². The Morgan fingerprint density at radius 2 is 1.72 bits per heavy atom. The number of halogens is 1. The lowest BCUT2D eigenvalue weighted by Gasteiger charge is -2.05. The highest BCUT2D eigenvalue weighted by Crippen LogP contribution is 2.19. The highest BCUT2D eigenvalue weighted by atomic mass is 35.5. The summed E-state index contributed by atoms with van der Waals surface area (Å²) >= 11 is 6.01. The quantitative estimate of drug-likeness (QED) is 0.873. The zero-order valence-electron chi connectivity index (χ0n) is 9.80. The van der Waals surface area contributed by atoms with Gasteiger partial charge < -0.3 is 5.73 Å². The molecule has 0 fully saturated rings. The van der Waals surface area contributed by atoms with Gasteiger partial charge in [-0.2, -0.15) is 0 Å². The van der Waals surface area contributed by atoms with Crippen molar-refractivity contribution >= 4 is 28.1 Å². The number of anilines is 1. The summed E-state index contributed by atoms with van der Waals surface area (Å²) < 4.78 is 12.1. The van der Waals surface area contributed by atoms with Gasteiger partial charge in [0.15, 0.2) is 0 Å². The second-order valence-corrected chi connectivity index (χ2v) is 5.92. The Balaban J connectivity index is 2.01. The lowest BCUT2D eigenvalue weighted by molar-refractivity contribution is 0.682. The summed E-state index contributed by atoms with van der Waals surface area (Å²) in [6, 6.07) is 14.9. The molecule has 18 heavy (non-hydrogen) atoms. The van der Waals surface area contributed by atoms with Gasteiger partial charge in [-0.05, 0) is 36.2 Å². The average Bonchev–Trinajstić information content (AvgIpc) is 2.38. The normalized spacial score (nSPS) is 12.3. The van der Waals surface area contributed by atoms with Gasteiger partial charge in [-0.15, -0.1) is 0 Å². The third-order valence-corrected chi connectivity index (χ3v) is 4.50. The van der Waals surface area contributed by atoms with Gasteiger partial charge in [0.1, 0.15) is 0 Å². The molecule has 0 aromatic heterocycles. The average molecular weight is 280 g/mol. The van der Waals surface area contributed by atoms with Gasteiger partial charge in [-0.3, -0.25) is 4.21 Å². The molecule has 0 saturated heterocycles. The predicted octanol–water partition coefficient (Wildman–Crippen LogP) is 3.27. The fourth-order valence-corrected chi connectivity index (χ4v) is 3.18. The van der Waals surface area contributed by atoms with Gasteiger partial charge >= 0.3 is 0 Å². The third kappa shape index (κ3) is 3.34. The van der Waals surface area contributed by atoms with Crippen molar-refractivity contribution in [3.63, 3.8) is 0 Å². The van der Waals surface area contributed by atoms with E-state index in [1.165, 1.54) is 0 Å². The molecule has 0 heterocycles. The first-order valence-electron chi connectivity index (χ1n) is 5.64. The van der Waals surface area contributed by atoms with E-state index in [0.717, 1.165) is 17.7 Å². The number of hydrogen-bond donors (Lipinski definition) is 1. The van der Waals surface area contributed by atoms with Crippen molar-refractivity contribution in [3.05, 3.63) is 59.1 Å². The Morgan fingerprint density at radius 3 is 2.39 bits per heavy atom. The highest BCUT2D eigenvalue weighted by molar-refractivity contribution is 7.85. The number of rotatable bonds is 4. The molecule has 2 aromatic carbocycles. The van der Waals surface area contributed by atoms with Crippen molar-refractivity contribution in [1.29, 1.82) is 0 Å². The van der Waals surface area contributed by atoms with E-state index in [1.54, 1.807) is 12.1 Å². The monoisotopic (exact) mass is 279 g/mol. The summed E-state index contributed by atoms with van der Waals surface area (Å²) in [5.41, 5.74) is 7.49. The first kappa shape index (κ1) is 13.1. The second-order valence-electron chi connectivity index (χ2n) is 3.97. The Kier molecular flexibility index (Phi) is 4.39. The molecule has 1 atom stereocenters. The second kappa shape index (κ2) is 6.03. The molecule has 0 radical (unpaired) electrons. The highest BCUT2D eigenvalue weighted by Gasteiger charge is 2.07. The number of benzene rings is 2. The maximum absolute atomic E-state index is 12.1. The first-order valence-corrected chi connectivity index (χ1v) is 7.34. The largest absolute Gasteiger partial charge is 0.399 e. The number of hydrogen-bond acceptors (Lipinski definition) is 2. The Morgan fingerprint density at radius 1 is 1.06 bits per heavy atom. The zero-order valence-corrected chi connectivity index (χ0v) is 11.4. The maximum Gasteiger partial charge on any atom is 0.0574 e. The van der Waals surface area contributed by atoms with Gasteiger partial charge in [-0.25, -0.2) is 0 Å². The van der Waals surface area contributed by atoms with E-state index in [4.69, 9.17) is 17.3 Å². The first-order chi connectivity index (χ1) is 8.66. The van der Waals surface area contributed by atoms with Crippen LogP contribution >= 0.6 is 11.6 Å². The Hall–Kier alpha value is -1.32. The predicted molar refractivity (Wildman–Crippen MR) is 77.3 cm³/mol. The molecule has 2 nitrogen and oxygen atoms in total. The smallest absolute Gasteiger partial charge is 0.0574 e. The molecule has 0 spiro atoms. The van der Waals surface area contributed by atoms with E-state index < -0.39 is 10.8 Å². The number of nitrogen functional groups attached to an aromatic ring is 1. The van der Waals surface area contributed by atoms with Crippen molar-refractivity contribution in [3.8, 4) is 0 Å². The van der Waals surface area contributed by atoms with E-state index in [2.05, 4.69) is 0 Å². The standard InChI is InChI=1S/C14H14ClNOS/c15-13-3-1-2-4-14(13)18(17)10-9-11-5-7-12(16)8-6-11/h1-8H,9-10,16H2. The van der Waals surface area contributed by atoms with Crippen molar-refractivity contribution in [1.82, 2.24) is 0 Å². The molecule has 0 saturated carbocycles. The van der Waals surface area contributed by atoms with E-state index in [1.807, 2.05) is 36.4 Å². The van der Waals surface area contributed by atoms with Gasteiger partial charge in [0, 0.05) is 11.4 Å². The minimum atomic E-state index is -1.06. The lowest BCUT2D eigenvalue weighted by Crippen LogP contribution is -2.02. The Bertz CT molecular complexity index is 554. The van der Waals surface area contributed by atoms with Crippen molar-refractivity contribution in [2.75, 3.05) is 11.5 Å². The topological polar surface area (TPSA) is 43.1 Å². The van der Waals surface area contributed by atoms with Crippen molar-refractivity contribution < 1.29 is 4.21 Å². The molecule has 0 aliphatic rings. The molecule has 2 N–H and O–H groups in total. The van der Waals surface area contributed by atoms with Crippen LogP contribution in [0.3, 0.4) is 0 Å². The fourth-order valence-electron chi connectivity index (χ4n) is 1.63. The van der Waals surface area contributed by atoms with Crippen molar-refractivity contribution in [2.45, 2.75) is 11.3 Å². The molecule has 0 amide bonds. The van der Waals surface area contributed by atoms with Crippen LogP contribution in [0.5, 0.6) is 0 Å². The molecule has 4 heteroatoms. The number of nitrogens with two attached hydrogens (primary N) is 1. The molecule has 0 aliphatic heterocycles. The van der Waals surface area contributed by atoms with Gasteiger partial charge in [0.25, 0.3) is 0 Å². The Labute approximate surface area is 114 Å². The molecule has 1 unspecified atom stereocenters. The summed E-state index contributed by atoms with van der Waals surface area (Å²) in [6.07, 6.45) is 0.748. The molecule has 2 aromatic rings. The molecule has 0 bridgehead atoms. The molecule has 94 valence electrons. The lowest BCUT2D eigenvalue weighted by atomic mass is 10.2. The van der Waals surface area contributed by atoms with Crippen LogP contribution in [0.2, 0.25) is 5.02 Å².